The fourth-order valence-corrected chi connectivity index (χ4v) is 3.44. The molecule has 0 atom stereocenters. The lowest BCUT2D eigenvalue weighted by Gasteiger charge is -2.45. The molecule has 0 unspecified atom stereocenters. The molecular weight excluding hydrogens is 232 g/mol. The predicted octanol–water partition coefficient (Wildman–Crippen LogP) is 0.125. The molecule has 2 heterocycles. The summed E-state index contributed by atoms with van der Waals surface area (Å²) in [6, 6.07) is 0.0532. The van der Waals surface area contributed by atoms with Crippen LogP contribution in [0.5, 0.6) is 0 Å². The Morgan fingerprint density at radius 1 is 1.11 bits per heavy atom. The Bertz CT molecular complexity index is 354. The van der Waals surface area contributed by atoms with Gasteiger partial charge >= 0.3 is 0 Å². The molecule has 3 rings (SSSR count). The van der Waals surface area contributed by atoms with Crippen molar-refractivity contribution in [2.24, 2.45) is 0 Å². The van der Waals surface area contributed by atoms with Gasteiger partial charge in [0.15, 0.2) is 0 Å². The third kappa shape index (κ3) is 2.06. The molecule has 2 amide bonds. The highest BCUT2D eigenvalue weighted by atomic mass is 16.3. The van der Waals surface area contributed by atoms with Gasteiger partial charge in [-0.2, -0.15) is 0 Å². The standard InChI is InChI=1S/C13H20N2O3/c16-11-3-4-12(17)15(11)10-7-14(8-10)9-13(18)5-1-2-6-13/h10,18H,1-9H2. The van der Waals surface area contributed by atoms with Gasteiger partial charge in [0.1, 0.15) is 0 Å². The summed E-state index contributed by atoms with van der Waals surface area (Å²) in [5, 5.41) is 10.3. The first-order valence-electron chi connectivity index (χ1n) is 6.87. The van der Waals surface area contributed by atoms with Crippen LogP contribution in [0.25, 0.3) is 0 Å². The third-order valence-corrected chi connectivity index (χ3v) is 4.45. The number of likely N-dealkylation sites (tertiary alicyclic amines) is 2. The normalized spacial score (nSPS) is 29.1. The van der Waals surface area contributed by atoms with E-state index in [0.717, 1.165) is 38.8 Å². The molecule has 0 aromatic rings. The SMILES string of the molecule is O=C1CCC(=O)N1C1CN(CC2(O)CCCC2)C1. The van der Waals surface area contributed by atoms with Gasteiger partial charge in [0.25, 0.3) is 0 Å². The molecule has 5 nitrogen and oxygen atoms in total. The molecule has 1 aliphatic carbocycles. The minimum Gasteiger partial charge on any atom is -0.389 e. The monoisotopic (exact) mass is 252 g/mol. The van der Waals surface area contributed by atoms with Crippen molar-refractivity contribution >= 4 is 11.8 Å². The van der Waals surface area contributed by atoms with Gasteiger partial charge in [-0.1, -0.05) is 12.8 Å². The summed E-state index contributed by atoms with van der Waals surface area (Å²) in [4.78, 5) is 26.7. The number of β-amino-alcohol motifs (C(OH)–C–C–N with tert-alkyl or cyclic N) is 1. The van der Waals surface area contributed by atoms with E-state index in [9.17, 15) is 14.7 Å². The first-order valence-corrected chi connectivity index (χ1v) is 6.87. The van der Waals surface area contributed by atoms with Gasteiger partial charge < -0.3 is 5.11 Å². The molecule has 5 heteroatoms. The molecule has 2 saturated heterocycles. The molecule has 2 aliphatic heterocycles. The van der Waals surface area contributed by atoms with Crippen molar-refractivity contribution in [3.05, 3.63) is 0 Å². The van der Waals surface area contributed by atoms with Crippen molar-refractivity contribution in [1.29, 1.82) is 0 Å². The van der Waals surface area contributed by atoms with Crippen LogP contribution in [0, 0.1) is 0 Å². The van der Waals surface area contributed by atoms with E-state index in [2.05, 4.69) is 4.90 Å². The fraction of sp³-hybridized carbons (Fsp3) is 0.846. The zero-order chi connectivity index (χ0) is 12.8. The second-order valence-corrected chi connectivity index (χ2v) is 5.94. The molecule has 0 aromatic heterocycles. The topological polar surface area (TPSA) is 60.9 Å². The largest absolute Gasteiger partial charge is 0.389 e. The van der Waals surface area contributed by atoms with Gasteiger partial charge in [-0.05, 0) is 12.8 Å². The van der Waals surface area contributed by atoms with E-state index in [1.54, 1.807) is 0 Å². The lowest BCUT2D eigenvalue weighted by atomic mass is 9.98. The molecule has 3 aliphatic rings. The average Bonchev–Trinajstić information content (AvgIpc) is 2.82. The summed E-state index contributed by atoms with van der Waals surface area (Å²) in [5.41, 5.74) is -0.524. The Balaban J connectivity index is 1.51. The van der Waals surface area contributed by atoms with Crippen molar-refractivity contribution < 1.29 is 14.7 Å². The summed E-state index contributed by atoms with van der Waals surface area (Å²) in [6.45, 7) is 2.17. The molecule has 18 heavy (non-hydrogen) atoms. The van der Waals surface area contributed by atoms with E-state index in [0.29, 0.717) is 19.4 Å². The highest BCUT2D eigenvalue weighted by Gasteiger charge is 2.43. The zero-order valence-corrected chi connectivity index (χ0v) is 10.6. The lowest BCUT2D eigenvalue weighted by molar-refractivity contribution is -0.146. The first kappa shape index (κ1) is 12.1. The Kier molecular flexibility index (Phi) is 2.90. The summed E-state index contributed by atoms with van der Waals surface area (Å²) in [6.07, 6.45) is 4.73. The Morgan fingerprint density at radius 3 is 2.22 bits per heavy atom. The van der Waals surface area contributed by atoms with Crippen LogP contribution in [0.1, 0.15) is 38.5 Å². The van der Waals surface area contributed by atoms with E-state index in [1.807, 2.05) is 0 Å². The predicted molar refractivity (Wildman–Crippen MR) is 64.7 cm³/mol. The number of imide groups is 1. The number of nitrogens with zero attached hydrogens (tertiary/aromatic N) is 2. The van der Waals surface area contributed by atoms with Crippen LogP contribution in [0.4, 0.5) is 0 Å². The first-order chi connectivity index (χ1) is 8.57. The Morgan fingerprint density at radius 2 is 1.67 bits per heavy atom. The molecule has 1 saturated carbocycles. The van der Waals surface area contributed by atoms with Crippen LogP contribution in [-0.4, -0.2) is 58.0 Å². The van der Waals surface area contributed by atoms with Crippen molar-refractivity contribution in [1.82, 2.24) is 9.80 Å². The van der Waals surface area contributed by atoms with Crippen molar-refractivity contribution in [2.75, 3.05) is 19.6 Å². The summed E-state index contributed by atoms with van der Waals surface area (Å²) in [7, 11) is 0. The summed E-state index contributed by atoms with van der Waals surface area (Å²) < 4.78 is 0. The maximum atomic E-state index is 11.6. The third-order valence-electron chi connectivity index (χ3n) is 4.45. The van der Waals surface area contributed by atoms with E-state index >= 15 is 0 Å². The van der Waals surface area contributed by atoms with Gasteiger partial charge in [-0.25, -0.2) is 0 Å². The van der Waals surface area contributed by atoms with Gasteiger partial charge in [-0.15, -0.1) is 0 Å². The Labute approximate surface area is 107 Å². The van der Waals surface area contributed by atoms with Crippen LogP contribution in [-0.2, 0) is 9.59 Å². The second kappa shape index (κ2) is 4.31. The number of amides is 2. The second-order valence-electron chi connectivity index (χ2n) is 5.94. The highest BCUT2D eigenvalue weighted by Crippen LogP contribution is 2.32. The van der Waals surface area contributed by atoms with Gasteiger partial charge in [0.2, 0.25) is 11.8 Å². The van der Waals surface area contributed by atoms with Crippen molar-refractivity contribution in [2.45, 2.75) is 50.2 Å². The quantitative estimate of drug-likeness (QED) is 0.725. The molecular formula is C13H20N2O3. The lowest BCUT2D eigenvalue weighted by Crippen LogP contribution is -2.63. The molecule has 0 bridgehead atoms. The van der Waals surface area contributed by atoms with Gasteiger partial charge in [-0.3, -0.25) is 19.4 Å². The highest BCUT2D eigenvalue weighted by molar-refractivity contribution is 6.02. The average molecular weight is 252 g/mol. The van der Waals surface area contributed by atoms with Crippen LogP contribution in [0.3, 0.4) is 0 Å². The number of rotatable bonds is 3. The number of carbonyl (C=O) groups excluding carboxylic acids is 2. The molecule has 0 radical (unpaired) electrons. The summed E-state index contributed by atoms with van der Waals surface area (Å²) >= 11 is 0. The molecule has 0 aromatic carbocycles. The van der Waals surface area contributed by atoms with E-state index in [1.165, 1.54) is 4.90 Å². The Hall–Kier alpha value is -0.940. The van der Waals surface area contributed by atoms with Gasteiger partial charge in [0, 0.05) is 32.5 Å². The van der Waals surface area contributed by atoms with Crippen LogP contribution >= 0.6 is 0 Å². The van der Waals surface area contributed by atoms with Crippen molar-refractivity contribution in [3.63, 3.8) is 0 Å². The summed E-state index contributed by atoms with van der Waals surface area (Å²) in [5.74, 6) is -0.0477. The van der Waals surface area contributed by atoms with E-state index in [-0.39, 0.29) is 17.9 Å². The molecule has 1 N–H and O–H groups in total. The molecule has 100 valence electrons. The number of hydrogen-bond acceptors (Lipinski definition) is 4. The van der Waals surface area contributed by atoms with Crippen LogP contribution in [0.15, 0.2) is 0 Å². The smallest absolute Gasteiger partial charge is 0.230 e. The maximum Gasteiger partial charge on any atom is 0.230 e. The van der Waals surface area contributed by atoms with Crippen LogP contribution in [0.2, 0.25) is 0 Å². The molecule has 0 spiro atoms. The minimum absolute atomic E-state index is 0.0239. The van der Waals surface area contributed by atoms with Crippen molar-refractivity contribution in [3.8, 4) is 0 Å². The van der Waals surface area contributed by atoms with E-state index in [4.69, 9.17) is 0 Å². The van der Waals surface area contributed by atoms with Crippen LogP contribution < -0.4 is 0 Å². The number of aliphatic hydroxyl groups is 1. The number of carbonyl (C=O) groups is 2. The molecule has 3 fully saturated rings. The fourth-order valence-electron chi connectivity index (χ4n) is 3.44. The zero-order valence-electron chi connectivity index (χ0n) is 10.6. The minimum atomic E-state index is -0.524. The van der Waals surface area contributed by atoms with E-state index < -0.39 is 5.60 Å². The maximum absolute atomic E-state index is 11.6. The number of hydrogen-bond donors (Lipinski definition) is 1. The van der Waals surface area contributed by atoms with Gasteiger partial charge in [0.05, 0.1) is 11.6 Å².